The van der Waals surface area contributed by atoms with Crippen molar-refractivity contribution in [2.24, 2.45) is 11.3 Å². The highest BCUT2D eigenvalue weighted by atomic mass is 16.5. The Morgan fingerprint density at radius 3 is 2.29 bits per heavy atom. The van der Waals surface area contributed by atoms with Gasteiger partial charge < -0.3 is 4.74 Å². The highest BCUT2D eigenvalue weighted by molar-refractivity contribution is 5.71. The molecule has 0 aromatic heterocycles. The summed E-state index contributed by atoms with van der Waals surface area (Å²) in [6, 6.07) is 0. The number of rotatable bonds is 6. The van der Waals surface area contributed by atoms with Crippen LogP contribution in [0.3, 0.4) is 0 Å². The smallest absolute Gasteiger partial charge is 0.308 e. The Balaban J connectivity index is 4.00. The Morgan fingerprint density at radius 1 is 1.36 bits per heavy atom. The molecule has 84 valence electrons. The summed E-state index contributed by atoms with van der Waals surface area (Å²) >= 11 is 0. The lowest BCUT2D eigenvalue weighted by Gasteiger charge is -2.27. The van der Waals surface area contributed by atoms with Crippen LogP contribution < -0.4 is 0 Å². The molecule has 2 nitrogen and oxygen atoms in total. The van der Waals surface area contributed by atoms with Crippen LogP contribution in [-0.2, 0) is 9.53 Å². The number of ether oxygens (including phenoxy) is 1. The highest BCUT2D eigenvalue weighted by Gasteiger charge is 2.23. The molecule has 0 aliphatic heterocycles. The Kier molecular flexibility index (Phi) is 5.82. The Hall–Kier alpha value is -0.530. The van der Waals surface area contributed by atoms with Crippen LogP contribution in [0.15, 0.2) is 0 Å². The normalized spacial score (nSPS) is 15.3. The van der Waals surface area contributed by atoms with E-state index in [2.05, 4.69) is 20.8 Å². The van der Waals surface area contributed by atoms with Gasteiger partial charge in [-0.15, -0.1) is 0 Å². The molecule has 0 saturated carbocycles. The average molecular weight is 200 g/mol. The SMILES string of the molecule is CCCC(C)(CC)COC(=O)C(C)C. The predicted molar refractivity (Wildman–Crippen MR) is 59.1 cm³/mol. The van der Waals surface area contributed by atoms with Crippen LogP contribution in [0, 0.1) is 11.3 Å². The standard InChI is InChI=1S/C12H24O2/c1-6-8-12(5,7-2)9-14-11(13)10(3)4/h10H,6-9H2,1-5H3. The van der Waals surface area contributed by atoms with Crippen molar-refractivity contribution in [3.05, 3.63) is 0 Å². The molecule has 0 heterocycles. The molecule has 0 aromatic carbocycles. The summed E-state index contributed by atoms with van der Waals surface area (Å²) in [5.74, 6) is -0.0986. The fraction of sp³-hybridized carbons (Fsp3) is 0.917. The van der Waals surface area contributed by atoms with Crippen molar-refractivity contribution in [2.45, 2.75) is 53.9 Å². The highest BCUT2D eigenvalue weighted by Crippen LogP contribution is 2.27. The van der Waals surface area contributed by atoms with Crippen LogP contribution in [0.2, 0.25) is 0 Å². The van der Waals surface area contributed by atoms with Crippen LogP contribution in [0.1, 0.15) is 53.9 Å². The summed E-state index contributed by atoms with van der Waals surface area (Å²) in [5.41, 5.74) is 0.166. The minimum absolute atomic E-state index is 0.0160. The minimum atomic E-state index is -0.0826. The zero-order chi connectivity index (χ0) is 11.2. The number of carbonyl (C=O) groups is 1. The lowest BCUT2D eigenvalue weighted by molar-refractivity contribution is -0.151. The molecule has 0 radical (unpaired) electrons. The first kappa shape index (κ1) is 13.5. The van der Waals surface area contributed by atoms with E-state index in [0.717, 1.165) is 19.3 Å². The largest absolute Gasteiger partial charge is 0.465 e. The quantitative estimate of drug-likeness (QED) is 0.614. The fourth-order valence-electron chi connectivity index (χ4n) is 1.37. The minimum Gasteiger partial charge on any atom is -0.465 e. The van der Waals surface area contributed by atoms with Crippen molar-refractivity contribution in [1.29, 1.82) is 0 Å². The van der Waals surface area contributed by atoms with Gasteiger partial charge in [-0.3, -0.25) is 4.79 Å². The van der Waals surface area contributed by atoms with Crippen molar-refractivity contribution in [3.8, 4) is 0 Å². The van der Waals surface area contributed by atoms with Crippen LogP contribution in [0.4, 0.5) is 0 Å². The van der Waals surface area contributed by atoms with E-state index < -0.39 is 0 Å². The first-order valence-corrected chi connectivity index (χ1v) is 5.62. The zero-order valence-electron chi connectivity index (χ0n) is 10.2. The third-order valence-electron chi connectivity index (χ3n) is 2.74. The van der Waals surface area contributed by atoms with Gasteiger partial charge >= 0.3 is 5.97 Å². The predicted octanol–water partition coefficient (Wildman–Crippen LogP) is 3.40. The van der Waals surface area contributed by atoms with Crippen LogP contribution in [0.25, 0.3) is 0 Å². The average Bonchev–Trinajstić information content (AvgIpc) is 2.14. The van der Waals surface area contributed by atoms with Gasteiger partial charge in [0.2, 0.25) is 0 Å². The summed E-state index contributed by atoms with van der Waals surface area (Å²) < 4.78 is 5.27. The van der Waals surface area contributed by atoms with Gasteiger partial charge in [0.05, 0.1) is 12.5 Å². The number of hydrogen-bond donors (Lipinski definition) is 0. The second kappa shape index (κ2) is 6.05. The second-order valence-electron chi connectivity index (χ2n) is 4.68. The number of carbonyl (C=O) groups excluding carboxylic acids is 1. The molecule has 0 aliphatic carbocycles. The molecule has 14 heavy (non-hydrogen) atoms. The maximum absolute atomic E-state index is 11.3. The lowest BCUT2D eigenvalue weighted by atomic mass is 9.84. The summed E-state index contributed by atoms with van der Waals surface area (Å²) in [4.78, 5) is 11.3. The van der Waals surface area contributed by atoms with E-state index in [1.807, 2.05) is 13.8 Å². The number of esters is 1. The Labute approximate surface area is 88.0 Å². The molecule has 0 rings (SSSR count). The summed E-state index contributed by atoms with van der Waals surface area (Å²) in [6.07, 6.45) is 3.32. The maximum atomic E-state index is 11.3. The van der Waals surface area contributed by atoms with E-state index in [4.69, 9.17) is 4.74 Å². The lowest BCUT2D eigenvalue weighted by Crippen LogP contribution is -2.26. The monoisotopic (exact) mass is 200 g/mol. The van der Waals surface area contributed by atoms with Crippen molar-refractivity contribution in [1.82, 2.24) is 0 Å². The summed E-state index contributed by atoms with van der Waals surface area (Å²) in [7, 11) is 0. The van der Waals surface area contributed by atoms with Gasteiger partial charge in [-0.2, -0.15) is 0 Å². The van der Waals surface area contributed by atoms with Crippen molar-refractivity contribution < 1.29 is 9.53 Å². The number of hydrogen-bond acceptors (Lipinski definition) is 2. The van der Waals surface area contributed by atoms with Gasteiger partial charge in [0.1, 0.15) is 0 Å². The second-order valence-corrected chi connectivity index (χ2v) is 4.68. The zero-order valence-corrected chi connectivity index (χ0v) is 10.2. The third-order valence-corrected chi connectivity index (χ3v) is 2.74. The molecule has 0 aliphatic rings. The molecular formula is C12H24O2. The molecule has 0 amide bonds. The van der Waals surface area contributed by atoms with Crippen molar-refractivity contribution in [2.75, 3.05) is 6.61 Å². The summed E-state index contributed by atoms with van der Waals surface area (Å²) in [6.45, 7) is 10.8. The van der Waals surface area contributed by atoms with Gasteiger partial charge in [0, 0.05) is 5.41 Å². The van der Waals surface area contributed by atoms with E-state index in [0.29, 0.717) is 6.61 Å². The molecule has 0 fully saturated rings. The molecule has 0 spiro atoms. The van der Waals surface area contributed by atoms with Gasteiger partial charge in [-0.1, -0.05) is 41.0 Å². The molecule has 0 N–H and O–H groups in total. The van der Waals surface area contributed by atoms with Crippen molar-refractivity contribution >= 4 is 5.97 Å². The maximum Gasteiger partial charge on any atom is 0.308 e. The van der Waals surface area contributed by atoms with E-state index in [1.54, 1.807) is 0 Å². The van der Waals surface area contributed by atoms with Crippen LogP contribution in [0.5, 0.6) is 0 Å². The van der Waals surface area contributed by atoms with Gasteiger partial charge in [-0.25, -0.2) is 0 Å². The van der Waals surface area contributed by atoms with E-state index in [-0.39, 0.29) is 17.3 Å². The van der Waals surface area contributed by atoms with Gasteiger partial charge in [0.25, 0.3) is 0 Å². The third kappa shape index (κ3) is 4.64. The molecule has 0 bridgehead atoms. The first-order chi connectivity index (χ1) is 6.45. The Morgan fingerprint density at radius 2 is 1.93 bits per heavy atom. The molecule has 0 aromatic rings. The molecule has 1 unspecified atom stereocenters. The fourth-order valence-corrected chi connectivity index (χ4v) is 1.37. The van der Waals surface area contributed by atoms with Crippen molar-refractivity contribution in [3.63, 3.8) is 0 Å². The van der Waals surface area contributed by atoms with Gasteiger partial charge in [-0.05, 0) is 12.8 Å². The first-order valence-electron chi connectivity index (χ1n) is 5.62. The van der Waals surface area contributed by atoms with E-state index in [1.165, 1.54) is 0 Å². The van der Waals surface area contributed by atoms with Crippen LogP contribution >= 0.6 is 0 Å². The van der Waals surface area contributed by atoms with Crippen LogP contribution in [-0.4, -0.2) is 12.6 Å². The van der Waals surface area contributed by atoms with E-state index in [9.17, 15) is 4.79 Å². The van der Waals surface area contributed by atoms with Gasteiger partial charge in [0.15, 0.2) is 0 Å². The molecular weight excluding hydrogens is 176 g/mol. The Bertz CT molecular complexity index is 175. The topological polar surface area (TPSA) is 26.3 Å². The molecule has 2 heteroatoms. The molecule has 0 saturated heterocycles. The molecule has 1 atom stereocenters. The van der Waals surface area contributed by atoms with E-state index >= 15 is 0 Å². The summed E-state index contributed by atoms with van der Waals surface area (Å²) in [5, 5.41) is 0.